The second-order valence-electron chi connectivity index (χ2n) is 3.16. The van der Waals surface area contributed by atoms with E-state index in [0.29, 0.717) is 5.92 Å². The van der Waals surface area contributed by atoms with Crippen molar-refractivity contribution in [1.29, 1.82) is 0 Å². The van der Waals surface area contributed by atoms with E-state index in [1.807, 2.05) is 6.92 Å². The molecule has 60 valence electrons. The molecule has 2 nitrogen and oxygen atoms in total. The van der Waals surface area contributed by atoms with Crippen LogP contribution in [0.5, 0.6) is 0 Å². The van der Waals surface area contributed by atoms with Crippen molar-refractivity contribution in [3.05, 3.63) is 0 Å². The molecule has 10 heavy (non-hydrogen) atoms. The molecule has 0 bridgehead atoms. The fourth-order valence-corrected chi connectivity index (χ4v) is 0.994. The number of hydrogen-bond donors (Lipinski definition) is 1. The molecule has 0 radical (unpaired) electrons. The molecule has 1 N–H and O–H groups in total. The van der Waals surface area contributed by atoms with Crippen LogP contribution in [0, 0.1) is 11.8 Å². The van der Waals surface area contributed by atoms with Gasteiger partial charge < -0.3 is 5.11 Å². The number of ketones is 1. The quantitative estimate of drug-likeness (QED) is 0.644. The van der Waals surface area contributed by atoms with E-state index in [1.165, 1.54) is 0 Å². The van der Waals surface area contributed by atoms with Crippen molar-refractivity contribution >= 4 is 5.78 Å². The fourth-order valence-electron chi connectivity index (χ4n) is 0.994. The first-order valence-corrected chi connectivity index (χ1v) is 3.71. The molecule has 0 aliphatic rings. The monoisotopic (exact) mass is 144 g/mol. The SMILES string of the molecule is CC(C)C[C@H](C)C(=O)CO. The second kappa shape index (κ2) is 4.45. The zero-order valence-electron chi connectivity index (χ0n) is 6.92. The number of rotatable bonds is 4. The number of hydrogen-bond acceptors (Lipinski definition) is 2. The molecule has 0 aromatic heterocycles. The summed E-state index contributed by atoms with van der Waals surface area (Å²) in [6.45, 7) is 5.69. The Bertz CT molecular complexity index is 108. The summed E-state index contributed by atoms with van der Waals surface area (Å²) in [5, 5.41) is 8.47. The highest BCUT2D eigenvalue weighted by atomic mass is 16.3. The molecule has 0 fully saturated rings. The van der Waals surface area contributed by atoms with Gasteiger partial charge in [0, 0.05) is 5.92 Å². The smallest absolute Gasteiger partial charge is 0.160 e. The maximum Gasteiger partial charge on any atom is 0.160 e. The molecule has 0 spiro atoms. The lowest BCUT2D eigenvalue weighted by Gasteiger charge is -2.10. The molecule has 0 aliphatic heterocycles. The number of aliphatic hydroxyl groups is 1. The summed E-state index contributed by atoms with van der Waals surface area (Å²) >= 11 is 0. The highest BCUT2D eigenvalue weighted by Gasteiger charge is 2.12. The molecule has 0 saturated carbocycles. The van der Waals surface area contributed by atoms with Crippen LogP contribution < -0.4 is 0 Å². The Labute approximate surface area is 62.2 Å². The largest absolute Gasteiger partial charge is 0.389 e. The van der Waals surface area contributed by atoms with Gasteiger partial charge in [-0.3, -0.25) is 4.79 Å². The summed E-state index contributed by atoms with van der Waals surface area (Å²) in [4.78, 5) is 10.8. The molecular weight excluding hydrogens is 128 g/mol. The molecule has 0 heterocycles. The molecule has 0 rings (SSSR count). The highest BCUT2D eigenvalue weighted by molar-refractivity contribution is 5.81. The van der Waals surface area contributed by atoms with Crippen LogP contribution >= 0.6 is 0 Å². The van der Waals surface area contributed by atoms with Gasteiger partial charge in [0.1, 0.15) is 6.61 Å². The van der Waals surface area contributed by atoms with Gasteiger partial charge in [-0.2, -0.15) is 0 Å². The van der Waals surface area contributed by atoms with Crippen LogP contribution in [-0.2, 0) is 4.79 Å². The molecule has 0 aromatic carbocycles. The molecule has 0 unspecified atom stereocenters. The Morgan fingerprint density at radius 1 is 1.40 bits per heavy atom. The predicted molar refractivity (Wildman–Crippen MR) is 40.7 cm³/mol. The van der Waals surface area contributed by atoms with E-state index >= 15 is 0 Å². The third-order valence-corrected chi connectivity index (χ3v) is 1.53. The summed E-state index contributed by atoms with van der Waals surface area (Å²) in [7, 11) is 0. The summed E-state index contributed by atoms with van der Waals surface area (Å²) < 4.78 is 0. The second-order valence-corrected chi connectivity index (χ2v) is 3.16. The van der Waals surface area contributed by atoms with Gasteiger partial charge in [-0.25, -0.2) is 0 Å². The van der Waals surface area contributed by atoms with Crippen LogP contribution in [0.25, 0.3) is 0 Å². The molecule has 1 atom stereocenters. The minimum atomic E-state index is -0.312. The first-order chi connectivity index (χ1) is 4.57. The standard InChI is InChI=1S/C8H16O2/c1-6(2)4-7(3)8(10)5-9/h6-7,9H,4-5H2,1-3H3/t7-/m0/s1. The van der Waals surface area contributed by atoms with Gasteiger partial charge in [0.15, 0.2) is 5.78 Å². The van der Waals surface area contributed by atoms with Crippen molar-refractivity contribution in [3.8, 4) is 0 Å². The van der Waals surface area contributed by atoms with Gasteiger partial charge >= 0.3 is 0 Å². The third-order valence-electron chi connectivity index (χ3n) is 1.53. The van der Waals surface area contributed by atoms with Crippen LogP contribution in [0.4, 0.5) is 0 Å². The van der Waals surface area contributed by atoms with Crippen molar-refractivity contribution in [2.45, 2.75) is 27.2 Å². The van der Waals surface area contributed by atoms with Gasteiger partial charge in [-0.15, -0.1) is 0 Å². The minimum Gasteiger partial charge on any atom is -0.389 e. The lowest BCUT2D eigenvalue weighted by Crippen LogP contribution is -2.16. The highest BCUT2D eigenvalue weighted by Crippen LogP contribution is 2.10. The zero-order valence-corrected chi connectivity index (χ0v) is 6.92. The van der Waals surface area contributed by atoms with Crippen LogP contribution in [0.3, 0.4) is 0 Å². The Hall–Kier alpha value is -0.370. The Morgan fingerprint density at radius 2 is 1.90 bits per heavy atom. The van der Waals surface area contributed by atoms with Gasteiger partial charge in [0.2, 0.25) is 0 Å². The number of aliphatic hydroxyl groups excluding tert-OH is 1. The predicted octanol–water partition coefficient (Wildman–Crippen LogP) is 1.23. The average molecular weight is 144 g/mol. The number of carbonyl (C=O) groups excluding carboxylic acids is 1. The Morgan fingerprint density at radius 3 is 2.20 bits per heavy atom. The summed E-state index contributed by atoms with van der Waals surface area (Å²) in [5.74, 6) is 0.504. The van der Waals surface area contributed by atoms with Gasteiger partial charge in [-0.1, -0.05) is 20.8 Å². The number of Topliss-reactive ketones (excluding diaryl/α,β-unsaturated/α-hetero) is 1. The van der Waals surface area contributed by atoms with Crippen LogP contribution in [-0.4, -0.2) is 17.5 Å². The van der Waals surface area contributed by atoms with E-state index in [2.05, 4.69) is 13.8 Å². The van der Waals surface area contributed by atoms with Crippen molar-refractivity contribution in [2.75, 3.05) is 6.61 Å². The fraction of sp³-hybridized carbons (Fsp3) is 0.875. The van der Waals surface area contributed by atoms with E-state index in [1.54, 1.807) is 0 Å². The van der Waals surface area contributed by atoms with E-state index in [0.717, 1.165) is 6.42 Å². The van der Waals surface area contributed by atoms with Gasteiger partial charge in [0.25, 0.3) is 0 Å². The first-order valence-electron chi connectivity index (χ1n) is 3.71. The van der Waals surface area contributed by atoms with Crippen LogP contribution in [0.2, 0.25) is 0 Å². The zero-order chi connectivity index (χ0) is 8.15. The van der Waals surface area contributed by atoms with Crippen molar-refractivity contribution in [3.63, 3.8) is 0 Å². The van der Waals surface area contributed by atoms with Gasteiger partial charge in [-0.05, 0) is 12.3 Å². The summed E-state index contributed by atoms with van der Waals surface area (Å²) in [6.07, 6.45) is 0.874. The van der Waals surface area contributed by atoms with Crippen molar-refractivity contribution in [2.24, 2.45) is 11.8 Å². The molecule has 0 aromatic rings. The minimum absolute atomic E-state index is 0.0185. The Balaban J connectivity index is 3.61. The first kappa shape index (κ1) is 9.63. The number of carbonyl (C=O) groups is 1. The van der Waals surface area contributed by atoms with Crippen LogP contribution in [0.1, 0.15) is 27.2 Å². The molecular formula is C8H16O2. The lowest BCUT2D eigenvalue weighted by atomic mass is 9.95. The molecule has 0 saturated heterocycles. The maximum atomic E-state index is 10.8. The van der Waals surface area contributed by atoms with Gasteiger partial charge in [0.05, 0.1) is 0 Å². The molecule has 2 heteroatoms. The maximum absolute atomic E-state index is 10.8. The van der Waals surface area contributed by atoms with E-state index in [-0.39, 0.29) is 18.3 Å². The van der Waals surface area contributed by atoms with E-state index in [9.17, 15) is 4.79 Å². The van der Waals surface area contributed by atoms with E-state index in [4.69, 9.17) is 5.11 Å². The van der Waals surface area contributed by atoms with Crippen molar-refractivity contribution in [1.82, 2.24) is 0 Å². The lowest BCUT2D eigenvalue weighted by molar-refractivity contribution is -0.125. The van der Waals surface area contributed by atoms with E-state index < -0.39 is 0 Å². The normalized spacial score (nSPS) is 13.7. The third kappa shape index (κ3) is 3.62. The average Bonchev–Trinajstić information content (AvgIpc) is 1.85. The Kier molecular flexibility index (Phi) is 4.28. The molecule has 0 aliphatic carbocycles. The summed E-state index contributed by atoms with van der Waals surface area (Å²) in [5.41, 5.74) is 0. The molecule has 0 amide bonds. The van der Waals surface area contributed by atoms with Crippen LogP contribution in [0.15, 0.2) is 0 Å². The summed E-state index contributed by atoms with van der Waals surface area (Å²) in [6, 6.07) is 0. The topological polar surface area (TPSA) is 37.3 Å². The van der Waals surface area contributed by atoms with Crippen molar-refractivity contribution < 1.29 is 9.90 Å².